The number of benzene rings is 2. The van der Waals surface area contributed by atoms with Gasteiger partial charge >= 0.3 is 0 Å². The van der Waals surface area contributed by atoms with Gasteiger partial charge in [0.05, 0.1) is 16.3 Å². The maximum absolute atomic E-state index is 6.24. The molecule has 0 aliphatic heterocycles. The molecule has 0 atom stereocenters. The minimum atomic E-state index is 0.127. The van der Waals surface area contributed by atoms with Crippen LogP contribution in [0.3, 0.4) is 0 Å². The van der Waals surface area contributed by atoms with Gasteiger partial charge in [-0.05, 0) is 17.2 Å². The van der Waals surface area contributed by atoms with Gasteiger partial charge in [-0.2, -0.15) is 0 Å². The van der Waals surface area contributed by atoms with E-state index in [1.165, 1.54) is 13.2 Å². The summed E-state index contributed by atoms with van der Waals surface area (Å²) in [5.41, 5.74) is 1.87. The Morgan fingerprint density at radius 2 is 1.69 bits per heavy atom. The van der Waals surface area contributed by atoms with Gasteiger partial charge in [0.1, 0.15) is 30.6 Å². The molecule has 4 nitrogen and oxygen atoms in total. The van der Waals surface area contributed by atoms with Gasteiger partial charge < -0.3 is 14.3 Å². The molecule has 0 aromatic heterocycles. The van der Waals surface area contributed by atoms with Crippen molar-refractivity contribution in [1.29, 1.82) is 0 Å². The van der Waals surface area contributed by atoms with Crippen LogP contribution in [0.2, 0.25) is 10.0 Å². The van der Waals surface area contributed by atoms with Crippen molar-refractivity contribution in [3.8, 4) is 11.5 Å². The number of hydrogen-bond acceptors (Lipinski definition) is 4. The second kappa shape index (κ2) is 10.5. The lowest BCUT2D eigenvalue weighted by atomic mass is 10.1. The molecule has 0 bridgehead atoms. The Morgan fingerprint density at radius 1 is 1.04 bits per heavy atom. The summed E-state index contributed by atoms with van der Waals surface area (Å²) >= 11 is 23.5. The Bertz CT molecular complexity index is 765. The van der Waals surface area contributed by atoms with Crippen molar-refractivity contribution in [2.45, 2.75) is 6.61 Å². The summed E-state index contributed by atoms with van der Waals surface area (Å²) in [6, 6.07) is 10.9. The number of oxime groups is 1. The lowest BCUT2D eigenvalue weighted by Gasteiger charge is -2.12. The Labute approximate surface area is 171 Å². The van der Waals surface area contributed by atoms with E-state index >= 15 is 0 Å². The molecular formula is C18H15Cl4NO3. The van der Waals surface area contributed by atoms with Crippen LogP contribution in [-0.2, 0) is 11.4 Å². The van der Waals surface area contributed by atoms with E-state index in [2.05, 4.69) is 9.99 Å². The first-order valence-electron chi connectivity index (χ1n) is 7.41. The van der Waals surface area contributed by atoms with Gasteiger partial charge in [0.15, 0.2) is 5.75 Å². The van der Waals surface area contributed by atoms with E-state index < -0.39 is 0 Å². The SMILES string of the molecule is CO/N=C/c1ccc(COc2c(Cl)cc(OCC=C(Cl)Cl)cc2Cl)cc1. The van der Waals surface area contributed by atoms with E-state index in [0.29, 0.717) is 28.2 Å². The highest BCUT2D eigenvalue weighted by atomic mass is 35.5. The topological polar surface area (TPSA) is 40.0 Å². The van der Waals surface area contributed by atoms with Crippen molar-refractivity contribution in [3.63, 3.8) is 0 Å². The molecule has 26 heavy (non-hydrogen) atoms. The molecule has 0 fully saturated rings. The molecule has 2 rings (SSSR count). The predicted octanol–water partition coefficient (Wildman–Crippen LogP) is 6.25. The Balaban J connectivity index is 2.00. The van der Waals surface area contributed by atoms with Crippen molar-refractivity contribution in [2.75, 3.05) is 13.7 Å². The van der Waals surface area contributed by atoms with Crippen LogP contribution in [-0.4, -0.2) is 19.9 Å². The highest BCUT2D eigenvalue weighted by molar-refractivity contribution is 6.55. The lowest BCUT2D eigenvalue weighted by molar-refractivity contribution is 0.215. The van der Waals surface area contributed by atoms with Gasteiger partial charge in [0.2, 0.25) is 0 Å². The molecule has 2 aromatic rings. The quantitative estimate of drug-likeness (QED) is 0.364. The molecule has 0 aliphatic carbocycles. The molecule has 0 spiro atoms. The summed E-state index contributed by atoms with van der Waals surface area (Å²) in [4.78, 5) is 4.64. The second-order valence-electron chi connectivity index (χ2n) is 4.97. The molecular weight excluding hydrogens is 420 g/mol. The molecule has 0 amide bonds. The average Bonchev–Trinajstić information content (AvgIpc) is 2.60. The van der Waals surface area contributed by atoms with E-state index in [0.717, 1.165) is 11.1 Å². The minimum absolute atomic E-state index is 0.127. The third kappa shape index (κ3) is 6.61. The number of halogens is 4. The van der Waals surface area contributed by atoms with E-state index in [4.69, 9.17) is 55.9 Å². The summed E-state index contributed by atoms with van der Waals surface area (Å²) in [6.07, 6.45) is 3.13. The first-order chi connectivity index (χ1) is 12.5. The van der Waals surface area contributed by atoms with Crippen LogP contribution in [0.25, 0.3) is 0 Å². The molecule has 0 heterocycles. The van der Waals surface area contributed by atoms with Crippen LogP contribution < -0.4 is 9.47 Å². The fourth-order valence-corrected chi connectivity index (χ4v) is 2.63. The maximum atomic E-state index is 6.24. The zero-order chi connectivity index (χ0) is 18.9. The normalized spacial score (nSPS) is 10.7. The summed E-state index contributed by atoms with van der Waals surface area (Å²) in [5.74, 6) is 0.872. The van der Waals surface area contributed by atoms with Crippen LogP contribution >= 0.6 is 46.4 Å². The summed E-state index contributed by atoms with van der Waals surface area (Å²) in [5, 5.41) is 4.40. The molecule has 8 heteroatoms. The molecule has 0 N–H and O–H groups in total. The fourth-order valence-electron chi connectivity index (χ4n) is 1.93. The summed E-state index contributed by atoms with van der Waals surface area (Å²) in [6.45, 7) is 0.514. The number of ether oxygens (including phenoxy) is 2. The van der Waals surface area contributed by atoms with Crippen LogP contribution in [0, 0.1) is 0 Å². The zero-order valence-corrected chi connectivity index (χ0v) is 16.7. The summed E-state index contributed by atoms with van der Waals surface area (Å²) in [7, 11) is 1.49. The minimum Gasteiger partial charge on any atom is -0.489 e. The van der Waals surface area contributed by atoms with Gasteiger partial charge in [-0.15, -0.1) is 0 Å². The Hall–Kier alpha value is -1.59. The van der Waals surface area contributed by atoms with Gasteiger partial charge in [0, 0.05) is 12.1 Å². The number of nitrogens with zero attached hydrogens (tertiary/aromatic N) is 1. The van der Waals surface area contributed by atoms with Crippen LogP contribution in [0.4, 0.5) is 0 Å². The van der Waals surface area contributed by atoms with Gasteiger partial charge in [0.25, 0.3) is 0 Å². The Morgan fingerprint density at radius 3 is 2.27 bits per heavy atom. The van der Waals surface area contributed by atoms with Crippen molar-refractivity contribution in [2.24, 2.45) is 5.16 Å². The molecule has 0 unspecified atom stereocenters. The van der Waals surface area contributed by atoms with E-state index in [-0.39, 0.29) is 11.1 Å². The van der Waals surface area contributed by atoms with Crippen molar-refractivity contribution < 1.29 is 14.3 Å². The predicted molar refractivity (Wildman–Crippen MR) is 107 cm³/mol. The largest absolute Gasteiger partial charge is 0.489 e. The molecule has 0 radical (unpaired) electrons. The lowest BCUT2D eigenvalue weighted by Crippen LogP contribution is -1.99. The maximum Gasteiger partial charge on any atom is 0.157 e. The highest BCUT2D eigenvalue weighted by Gasteiger charge is 2.11. The van der Waals surface area contributed by atoms with Crippen molar-refractivity contribution >= 4 is 52.6 Å². The van der Waals surface area contributed by atoms with Crippen LogP contribution in [0.1, 0.15) is 11.1 Å². The molecule has 2 aromatic carbocycles. The van der Waals surface area contributed by atoms with Gasteiger partial charge in [-0.1, -0.05) is 75.8 Å². The highest BCUT2D eigenvalue weighted by Crippen LogP contribution is 2.37. The van der Waals surface area contributed by atoms with Gasteiger partial charge in [-0.3, -0.25) is 0 Å². The third-order valence-corrected chi connectivity index (χ3v) is 4.00. The third-order valence-electron chi connectivity index (χ3n) is 3.13. The molecule has 0 aliphatic rings. The molecule has 0 saturated heterocycles. The van der Waals surface area contributed by atoms with E-state index in [1.807, 2.05) is 24.3 Å². The van der Waals surface area contributed by atoms with E-state index in [9.17, 15) is 0 Å². The second-order valence-corrected chi connectivity index (χ2v) is 6.79. The fraction of sp³-hybridized carbons (Fsp3) is 0.167. The van der Waals surface area contributed by atoms with Crippen LogP contribution in [0.5, 0.6) is 11.5 Å². The van der Waals surface area contributed by atoms with Gasteiger partial charge in [-0.25, -0.2) is 0 Å². The average molecular weight is 435 g/mol. The smallest absolute Gasteiger partial charge is 0.157 e. The Kier molecular flexibility index (Phi) is 8.39. The number of hydrogen-bond donors (Lipinski definition) is 0. The van der Waals surface area contributed by atoms with Crippen LogP contribution in [0.15, 0.2) is 52.1 Å². The van der Waals surface area contributed by atoms with E-state index in [1.54, 1.807) is 18.3 Å². The summed E-state index contributed by atoms with van der Waals surface area (Å²) < 4.78 is 11.3. The molecule has 0 saturated carbocycles. The number of rotatable bonds is 8. The van der Waals surface area contributed by atoms with Crippen molar-refractivity contribution in [3.05, 3.63) is 68.1 Å². The molecule has 138 valence electrons. The standard InChI is InChI=1S/C18H15Cl4NO3/c1-24-23-10-12-2-4-13(5-3-12)11-26-18-15(19)8-14(9-16(18)20)25-7-6-17(21)22/h2-6,8-10H,7,11H2,1H3/b23-10+. The van der Waals surface area contributed by atoms with Crippen molar-refractivity contribution in [1.82, 2.24) is 0 Å². The monoisotopic (exact) mass is 433 g/mol. The first kappa shape index (κ1) is 20.7. The first-order valence-corrected chi connectivity index (χ1v) is 8.92. The zero-order valence-electron chi connectivity index (χ0n) is 13.7.